The van der Waals surface area contributed by atoms with Crippen LogP contribution in [0.5, 0.6) is 0 Å². The van der Waals surface area contributed by atoms with E-state index in [-0.39, 0.29) is 5.41 Å². The summed E-state index contributed by atoms with van der Waals surface area (Å²) in [6.45, 7) is 6.87. The molecule has 2 aliphatic heterocycles. The smallest absolute Gasteiger partial charge is 0.223 e. The van der Waals surface area contributed by atoms with E-state index in [4.69, 9.17) is 9.72 Å². The molecule has 1 fully saturated rings. The van der Waals surface area contributed by atoms with E-state index >= 15 is 0 Å². The Morgan fingerprint density at radius 3 is 3.03 bits per heavy atom. The normalized spacial score (nSPS) is 21.6. The second-order valence-corrected chi connectivity index (χ2v) is 8.98. The van der Waals surface area contributed by atoms with Crippen molar-refractivity contribution in [1.82, 2.24) is 29.4 Å². The Labute approximate surface area is 174 Å². The van der Waals surface area contributed by atoms with Gasteiger partial charge in [-0.2, -0.15) is 0 Å². The topological polar surface area (TPSA) is 81.0 Å². The van der Waals surface area contributed by atoms with E-state index < -0.39 is 0 Å². The van der Waals surface area contributed by atoms with E-state index in [9.17, 15) is 0 Å². The molecular formula is C20H25N7OS. The molecule has 2 aliphatic rings. The van der Waals surface area contributed by atoms with Gasteiger partial charge < -0.3 is 14.6 Å². The van der Waals surface area contributed by atoms with Crippen molar-refractivity contribution in [3.05, 3.63) is 51.8 Å². The van der Waals surface area contributed by atoms with Crippen LogP contribution >= 0.6 is 11.3 Å². The molecule has 9 heteroatoms. The van der Waals surface area contributed by atoms with E-state index in [1.165, 1.54) is 5.01 Å². The highest BCUT2D eigenvalue weighted by molar-refractivity contribution is 7.09. The Kier molecular flexibility index (Phi) is 4.81. The van der Waals surface area contributed by atoms with Gasteiger partial charge >= 0.3 is 0 Å². The molecule has 0 amide bonds. The summed E-state index contributed by atoms with van der Waals surface area (Å²) in [6, 6.07) is 0. The average Bonchev–Trinajstić information content (AvgIpc) is 3.43. The molecule has 5 rings (SSSR count). The van der Waals surface area contributed by atoms with Crippen LogP contribution in [0.3, 0.4) is 0 Å². The van der Waals surface area contributed by atoms with Crippen molar-refractivity contribution in [1.29, 1.82) is 0 Å². The fraction of sp³-hybridized carbons (Fsp3) is 0.500. The number of aryl methyl sites for hydroxylation is 2. The fourth-order valence-electron chi connectivity index (χ4n) is 4.28. The van der Waals surface area contributed by atoms with E-state index in [2.05, 4.69) is 30.5 Å². The van der Waals surface area contributed by atoms with Gasteiger partial charge in [0.2, 0.25) is 5.95 Å². The first-order chi connectivity index (χ1) is 14.1. The Morgan fingerprint density at radius 2 is 2.24 bits per heavy atom. The third-order valence-electron chi connectivity index (χ3n) is 5.81. The molecule has 1 N–H and O–H groups in total. The summed E-state index contributed by atoms with van der Waals surface area (Å²) < 4.78 is 7.96. The summed E-state index contributed by atoms with van der Waals surface area (Å²) in [7, 11) is 1.99. The number of nitrogens with one attached hydrogen (secondary N) is 1. The minimum absolute atomic E-state index is 0.0637. The summed E-state index contributed by atoms with van der Waals surface area (Å²) in [6.07, 6.45) is 6.62. The van der Waals surface area contributed by atoms with Gasteiger partial charge in [-0.15, -0.1) is 11.3 Å². The third-order valence-corrected chi connectivity index (χ3v) is 6.76. The van der Waals surface area contributed by atoms with Crippen molar-refractivity contribution in [3.63, 3.8) is 0 Å². The molecule has 1 saturated heterocycles. The number of imidazole rings is 1. The van der Waals surface area contributed by atoms with Crippen LogP contribution in [0.15, 0.2) is 24.1 Å². The maximum absolute atomic E-state index is 5.96. The summed E-state index contributed by atoms with van der Waals surface area (Å²) in [5, 5.41) is 6.65. The van der Waals surface area contributed by atoms with E-state index in [1.54, 1.807) is 17.7 Å². The minimum atomic E-state index is -0.0637. The lowest BCUT2D eigenvalue weighted by Gasteiger charge is -2.34. The lowest BCUT2D eigenvalue weighted by molar-refractivity contribution is 0.0503. The fourth-order valence-corrected chi connectivity index (χ4v) is 5.09. The quantitative estimate of drug-likeness (QED) is 0.690. The van der Waals surface area contributed by atoms with Crippen molar-refractivity contribution in [2.24, 2.45) is 7.05 Å². The minimum Gasteiger partial charge on any atom is -0.376 e. The van der Waals surface area contributed by atoms with Gasteiger partial charge in [-0.3, -0.25) is 4.90 Å². The molecule has 0 saturated carbocycles. The van der Waals surface area contributed by atoms with Gasteiger partial charge in [-0.1, -0.05) is 0 Å². The molecule has 0 aromatic carbocycles. The zero-order valence-corrected chi connectivity index (χ0v) is 17.6. The first-order valence-corrected chi connectivity index (χ1v) is 10.8. The number of anilines is 1. The lowest BCUT2D eigenvalue weighted by atomic mass is 9.80. The number of fused-ring (bicyclic) bond motifs is 2. The van der Waals surface area contributed by atoms with Crippen molar-refractivity contribution >= 4 is 17.3 Å². The van der Waals surface area contributed by atoms with Crippen molar-refractivity contribution < 1.29 is 4.74 Å². The largest absolute Gasteiger partial charge is 0.376 e. The molecule has 29 heavy (non-hydrogen) atoms. The van der Waals surface area contributed by atoms with Crippen LogP contribution in [0.4, 0.5) is 5.95 Å². The zero-order valence-electron chi connectivity index (χ0n) is 16.8. The van der Waals surface area contributed by atoms with E-state index in [1.807, 2.05) is 30.9 Å². The predicted octanol–water partition coefficient (Wildman–Crippen LogP) is 2.26. The Balaban J connectivity index is 1.34. The monoisotopic (exact) mass is 411 g/mol. The van der Waals surface area contributed by atoms with E-state index in [0.29, 0.717) is 25.7 Å². The summed E-state index contributed by atoms with van der Waals surface area (Å²) in [5.41, 5.74) is 4.38. The number of ether oxygens (including phenoxy) is 1. The number of nitrogens with zero attached hydrogens (tertiary/aromatic N) is 6. The van der Waals surface area contributed by atoms with Gasteiger partial charge in [0, 0.05) is 42.6 Å². The first-order valence-electron chi connectivity index (χ1n) is 9.88. The maximum atomic E-state index is 5.96. The molecule has 0 bridgehead atoms. The van der Waals surface area contributed by atoms with Gasteiger partial charge in [0.25, 0.3) is 0 Å². The first kappa shape index (κ1) is 18.7. The van der Waals surface area contributed by atoms with Crippen molar-refractivity contribution in [2.75, 3.05) is 25.0 Å². The molecule has 3 aromatic rings. The molecule has 0 radical (unpaired) electrons. The molecule has 1 atom stereocenters. The number of hydrogen-bond acceptors (Lipinski definition) is 8. The molecule has 1 unspecified atom stereocenters. The Morgan fingerprint density at radius 1 is 1.31 bits per heavy atom. The highest BCUT2D eigenvalue weighted by Gasteiger charge is 2.45. The second-order valence-electron chi connectivity index (χ2n) is 8.03. The van der Waals surface area contributed by atoms with Crippen LogP contribution in [0.25, 0.3) is 0 Å². The van der Waals surface area contributed by atoms with Crippen LogP contribution in [-0.2, 0) is 36.9 Å². The number of hydrogen-bond donors (Lipinski definition) is 1. The summed E-state index contributed by atoms with van der Waals surface area (Å²) in [5.74, 6) is 0.667. The number of rotatable bonds is 5. The van der Waals surface area contributed by atoms with Gasteiger partial charge in [0.05, 0.1) is 49.4 Å². The van der Waals surface area contributed by atoms with E-state index in [0.717, 1.165) is 48.7 Å². The lowest BCUT2D eigenvalue weighted by Crippen LogP contribution is -2.40. The molecule has 5 heterocycles. The molecule has 3 aromatic heterocycles. The molecule has 1 spiro atoms. The maximum Gasteiger partial charge on any atom is 0.223 e. The summed E-state index contributed by atoms with van der Waals surface area (Å²) >= 11 is 1.74. The van der Waals surface area contributed by atoms with Crippen LogP contribution < -0.4 is 5.32 Å². The molecule has 152 valence electrons. The van der Waals surface area contributed by atoms with Gasteiger partial charge in [-0.25, -0.2) is 19.9 Å². The predicted molar refractivity (Wildman–Crippen MR) is 111 cm³/mol. The van der Waals surface area contributed by atoms with Crippen molar-refractivity contribution in [2.45, 2.75) is 38.5 Å². The Hall–Kier alpha value is -2.36. The van der Waals surface area contributed by atoms with Crippen LogP contribution in [-0.4, -0.2) is 49.1 Å². The van der Waals surface area contributed by atoms with Gasteiger partial charge in [-0.05, 0) is 19.9 Å². The average molecular weight is 412 g/mol. The molecular weight excluding hydrogens is 386 g/mol. The highest BCUT2D eigenvalue weighted by Crippen LogP contribution is 2.39. The van der Waals surface area contributed by atoms with Gasteiger partial charge in [0.15, 0.2) is 0 Å². The van der Waals surface area contributed by atoms with Crippen LogP contribution in [0, 0.1) is 6.92 Å². The third kappa shape index (κ3) is 3.65. The van der Waals surface area contributed by atoms with Crippen LogP contribution in [0.1, 0.15) is 34.1 Å². The number of likely N-dealkylation sites (tertiary alicyclic amines) is 1. The van der Waals surface area contributed by atoms with Gasteiger partial charge in [0.1, 0.15) is 5.01 Å². The zero-order chi connectivity index (χ0) is 19.8. The van der Waals surface area contributed by atoms with Crippen LogP contribution in [0.2, 0.25) is 0 Å². The molecule has 8 nitrogen and oxygen atoms in total. The Bertz CT molecular complexity index is 1020. The summed E-state index contributed by atoms with van der Waals surface area (Å²) in [4.78, 5) is 20.7. The number of aromatic nitrogens is 5. The SMILES string of the molecule is Cc1csc(CN2CCC3(COCc4cnc(NCc5cncn5C)nc43)C2)n1. The highest BCUT2D eigenvalue weighted by atomic mass is 32.1. The number of thiazole rings is 1. The standard InChI is InChI=1S/C20H25N7OS/c1-14-10-29-17(24-14)8-27-4-3-20(11-27)12-28-9-15-5-22-19(25-18(15)20)23-7-16-6-21-13-26(16)2/h5-6,10,13H,3-4,7-9,11-12H2,1-2H3,(H,22,23,25). The molecule has 0 aliphatic carbocycles. The van der Waals surface area contributed by atoms with Crippen molar-refractivity contribution in [3.8, 4) is 0 Å². The second kappa shape index (κ2) is 7.47.